The summed E-state index contributed by atoms with van der Waals surface area (Å²) in [6.07, 6.45) is 1.08. The molecule has 5 nitrogen and oxygen atoms in total. The van der Waals surface area contributed by atoms with E-state index in [2.05, 4.69) is 4.37 Å². The van der Waals surface area contributed by atoms with Crippen LogP contribution in [0.3, 0.4) is 0 Å². The number of hydrogen-bond donors (Lipinski definition) is 1. The van der Waals surface area contributed by atoms with Crippen molar-refractivity contribution >= 4 is 32.2 Å². The van der Waals surface area contributed by atoms with Gasteiger partial charge in [-0.05, 0) is 17.6 Å². The second kappa shape index (κ2) is 5.37. The standard InChI is InChI=1S/C12H14FN3O2S2/c1-16(7-8-5-3-4-6-9(8)13)12-10(20(2,17)18)11(14)15-19-12/h3-6H,7H2,1-2H3,(H2,14,15). The monoisotopic (exact) mass is 315 g/mol. The molecule has 1 heterocycles. The van der Waals surface area contributed by atoms with E-state index in [0.717, 1.165) is 17.8 Å². The molecule has 0 saturated heterocycles. The Morgan fingerprint density at radius 3 is 2.65 bits per heavy atom. The number of sulfone groups is 1. The zero-order valence-electron chi connectivity index (χ0n) is 11.0. The molecule has 0 amide bonds. The van der Waals surface area contributed by atoms with Crippen LogP contribution in [0.2, 0.25) is 0 Å². The summed E-state index contributed by atoms with van der Waals surface area (Å²) in [7, 11) is -1.81. The fourth-order valence-electron chi connectivity index (χ4n) is 1.83. The molecular formula is C12H14FN3O2S2. The number of benzene rings is 1. The first-order valence-electron chi connectivity index (χ1n) is 5.70. The normalized spacial score (nSPS) is 11.6. The Morgan fingerprint density at radius 2 is 2.05 bits per heavy atom. The van der Waals surface area contributed by atoms with Gasteiger partial charge in [0.05, 0.1) is 0 Å². The molecule has 2 aromatic rings. The highest BCUT2D eigenvalue weighted by Crippen LogP contribution is 2.34. The number of nitrogen functional groups attached to an aromatic ring is 1. The van der Waals surface area contributed by atoms with E-state index in [1.165, 1.54) is 6.07 Å². The van der Waals surface area contributed by atoms with Gasteiger partial charge in [-0.3, -0.25) is 0 Å². The molecule has 8 heteroatoms. The highest BCUT2D eigenvalue weighted by molar-refractivity contribution is 7.91. The number of aromatic nitrogens is 1. The molecule has 1 aromatic heterocycles. The zero-order valence-corrected chi connectivity index (χ0v) is 12.6. The molecule has 0 aliphatic carbocycles. The average molecular weight is 315 g/mol. The van der Waals surface area contributed by atoms with Gasteiger partial charge >= 0.3 is 0 Å². The second-order valence-corrected chi connectivity index (χ2v) is 7.13. The highest BCUT2D eigenvalue weighted by atomic mass is 32.2. The fraction of sp³-hybridized carbons (Fsp3) is 0.250. The van der Waals surface area contributed by atoms with Gasteiger partial charge in [0.15, 0.2) is 15.7 Å². The lowest BCUT2D eigenvalue weighted by Gasteiger charge is -2.18. The van der Waals surface area contributed by atoms with E-state index in [9.17, 15) is 12.8 Å². The molecule has 0 aliphatic rings. The maximum atomic E-state index is 13.6. The Balaban J connectivity index is 2.36. The van der Waals surface area contributed by atoms with E-state index in [4.69, 9.17) is 5.73 Å². The summed E-state index contributed by atoms with van der Waals surface area (Å²) >= 11 is 0.986. The smallest absolute Gasteiger partial charge is 0.182 e. The molecule has 0 radical (unpaired) electrons. The summed E-state index contributed by atoms with van der Waals surface area (Å²) in [6.45, 7) is 0.233. The maximum absolute atomic E-state index is 13.6. The van der Waals surface area contributed by atoms with Crippen LogP contribution in [-0.2, 0) is 16.4 Å². The number of nitrogens with two attached hydrogens (primary N) is 1. The number of hydrogen-bond acceptors (Lipinski definition) is 6. The lowest BCUT2D eigenvalue weighted by Crippen LogP contribution is -2.18. The summed E-state index contributed by atoms with van der Waals surface area (Å²) in [4.78, 5) is 1.63. The van der Waals surface area contributed by atoms with E-state index in [1.54, 1.807) is 30.1 Å². The molecule has 0 aliphatic heterocycles. The lowest BCUT2D eigenvalue weighted by atomic mass is 10.2. The molecule has 1 aromatic carbocycles. The molecule has 2 N–H and O–H groups in total. The third-order valence-corrected chi connectivity index (χ3v) is 4.99. The van der Waals surface area contributed by atoms with Crippen molar-refractivity contribution in [3.63, 3.8) is 0 Å². The fourth-order valence-corrected chi connectivity index (χ4v) is 4.02. The Labute approximate surface area is 120 Å². The van der Waals surface area contributed by atoms with Gasteiger partial charge in [0.1, 0.15) is 15.7 Å². The van der Waals surface area contributed by atoms with Crippen LogP contribution in [-0.4, -0.2) is 26.1 Å². The number of halogens is 1. The van der Waals surface area contributed by atoms with E-state index in [0.29, 0.717) is 10.6 Å². The second-order valence-electron chi connectivity index (χ2n) is 4.42. The van der Waals surface area contributed by atoms with Crippen LogP contribution < -0.4 is 10.6 Å². The minimum Gasteiger partial charge on any atom is -0.382 e. The topological polar surface area (TPSA) is 76.3 Å². The van der Waals surface area contributed by atoms with Crippen LogP contribution >= 0.6 is 11.5 Å². The first kappa shape index (κ1) is 14.7. The minimum absolute atomic E-state index is 0.00124. The number of rotatable bonds is 4. The first-order valence-corrected chi connectivity index (χ1v) is 8.37. The zero-order chi connectivity index (χ0) is 14.9. The highest BCUT2D eigenvalue weighted by Gasteiger charge is 2.24. The summed E-state index contributed by atoms with van der Waals surface area (Å²) in [6, 6.07) is 6.34. The molecule has 0 saturated carbocycles. The van der Waals surface area contributed by atoms with E-state index < -0.39 is 9.84 Å². The largest absolute Gasteiger partial charge is 0.382 e. The predicted molar refractivity (Wildman–Crippen MR) is 78.1 cm³/mol. The predicted octanol–water partition coefficient (Wildman–Crippen LogP) is 1.90. The Morgan fingerprint density at radius 1 is 1.40 bits per heavy atom. The van der Waals surface area contributed by atoms with E-state index in [-0.39, 0.29) is 23.1 Å². The van der Waals surface area contributed by atoms with Crippen molar-refractivity contribution in [1.29, 1.82) is 0 Å². The van der Waals surface area contributed by atoms with Gasteiger partial charge < -0.3 is 10.6 Å². The molecule has 0 bridgehead atoms. The maximum Gasteiger partial charge on any atom is 0.182 e. The molecule has 0 atom stereocenters. The Hall–Kier alpha value is -1.67. The molecular weight excluding hydrogens is 301 g/mol. The summed E-state index contributed by atoms with van der Waals surface area (Å²) in [5.74, 6) is -0.356. The van der Waals surface area contributed by atoms with Gasteiger partial charge in [0.25, 0.3) is 0 Å². The van der Waals surface area contributed by atoms with Gasteiger partial charge in [0, 0.05) is 25.4 Å². The van der Waals surface area contributed by atoms with E-state index >= 15 is 0 Å². The Kier molecular flexibility index (Phi) is 3.96. The van der Waals surface area contributed by atoms with Gasteiger partial charge in [-0.25, -0.2) is 12.8 Å². The third kappa shape index (κ3) is 2.91. The molecule has 2 rings (SSSR count). The van der Waals surface area contributed by atoms with Crippen molar-refractivity contribution in [2.75, 3.05) is 23.9 Å². The van der Waals surface area contributed by atoms with Crippen LogP contribution in [0.5, 0.6) is 0 Å². The first-order chi connectivity index (χ1) is 9.30. The van der Waals surface area contributed by atoms with Gasteiger partial charge in [-0.1, -0.05) is 18.2 Å². The summed E-state index contributed by atoms with van der Waals surface area (Å²) in [5, 5.41) is 0.410. The van der Waals surface area contributed by atoms with Crippen molar-refractivity contribution in [3.05, 3.63) is 35.6 Å². The molecule has 108 valence electrons. The van der Waals surface area contributed by atoms with Gasteiger partial charge in [-0.2, -0.15) is 4.37 Å². The third-order valence-electron chi connectivity index (χ3n) is 2.74. The molecule has 0 unspecified atom stereocenters. The van der Waals surface area contributed by atoms with Crippen LogP contribution in [0.25, 0.3) is 0 Å². The van der Waals surface area contributed by atoms with Gasteiger partial charge in [-0.15, -0.1) is 0 Å². The van der Waals surface area contributed by atoms with Crippen LogP contribution in [0.1, 0.15) is 5.56 Å². The van der Waals surface area contributed by atoms with Crippen molar-refractivity contribution in [2.45, 2.75) is 11.4 Å². The quantitative estimate of drug-likeness (QED) is 0.932. The van der Waals surface area contributed by atoms with Crippen molar-refractivity contribution in [3.8, 4) is 0 Å². The summed E-state index contributed by atoms with van der Waals surface area (Å²) in [5.41, 5.74) is 6.08. The summed E-state index contributed by atoms with van der Waals surface area (Å²) < 4.78 is 41.0. The SMILES string of the molecule is CN(Cc1ccccc1F)c1snc(N)c1S(C)(=O)=O. The number of anilines is 2. The van der Waals surface area contributed by atoms with Crippen molar-refractivity contribution < 1.29 is 12.8 Å². The van der Waals surface area contributed by atoms with Crippen LogP contribution in [0, 0.1) is 5.82 Å². The van der Waals surface area contributed by atoms with Crippen LogP contribution in [0.15, 0.2) is 29.2 Å². The van der Waals surface area contributed by atoms with Crippen LogP contribution in [0.4, 0.5) is 15.2 Å². The van der Waals surface area contributed by atoms with E-state index in [1.807, 2.05) is 0 Å². The molecule has 0 spiro atoms. The molecule has 20 heavy (non-hydrogen) atoms. The molecule has 0 fully saturated rings. The average Bonchev–Trinajstić information content (AvgIpc) is 2.74. The minimum atomic E-state index is -3.48. The Bertz CT molecular complexity index is 728. The van der Waals surface area contributed by atoms with Crippen molar-refractivity contribution in [2.24, 2.45) is 0 Å². The lowest BCUT2D eigenvalue weighted by molar-refractivity contribution is 0.601. The number of nitrogens with zero attached hydrogens (tertiary/aromatic N) is 2. The van der Waals surface area contributed by atoms with Gasteiger partial charge in [0.2, 0.25) is 0 Å². The van der Waals surface area contributed by atoms with Crippen molar-refractivity contribution in [1.82, 2.24) is 4.37 Å².